The van der Waals surface area contributed by atoms with Gasteiger partial charge in [-0.2, -0.15) is 0 Å². The molecule has 0 unspecified atom stereocenters. The van der Waals surface area contributed by atoms with Crippen LogP contribution in [0.15, 0.2) is 77.7 Å². The maximum absolute atomic E-state index is 13.4. The molecule has 0 saturated heterocycles. The maximum atomic E-state index is 13.4. The Kier molecular flexibility index (Phi) is 6.02. The Morgan fingerprint density at radius 1 is 0.872 bits per heavy atom. The number of hydrogen-bond donors (Lipinski definition) is 1. The van der Waals surface area contributed by atoms with E-state index in [9.17, 15) is 13.2 Å². The van der Waals surface area contributed by atoms with E-state index in [4.69, 9.17) is 4.98 Å². The number of benzene rings is 3. The molecule has 0 saturated carbocycles. The van der Waals surface area contributed by atoms with Crippen molar-refractivity contribution in [2.75, 3.05) is 16.2 Å². The molecule has 39 heavy (non-hydrogen) atoms. The van der Waals surface area contributed by atoms with Gasteiger partial charge in [0.15, 0.2) is 0 Å². The number of carbonyl (C=O) groups excluding carboxylic acids is 1. The summed E-state index contributed by atoms with van der Waals surface area (Å²) in [4.78, 5) is 19.8. The first-order valence-electron chi connectivity index (χ1n) is 13.0. The van der Waals surface area contributed by atoms with Crippen molar-refractivity contribution in [3.05, 3.63) is 94.4 Å². The van der Waals surface area contributed by atoms with Gasteiger partial charge in [0.05, 0.1) is 20.8 Å². The molecule has 1 aliphatic heterocycles. The number of thiazole rings is 1. The Labute approximate surface area is 235 Å². The largest absolute Gasteiger partial charge is 0.313 e. The van der Waals surface area contributed by atoms with Crippen LogP contribution in [0.5, 0.6) is 0 Å². The molecule has 0 radical (unpaired) electrons. The number of aromatic nitrogens is 1. The molecule has 6 nitrogen and oxygen atoms in total. The molecule has 0 bridgehead atoms. The van der Waals surface area contributed by atoms with E-state index in [1.54, 1.807) is 34.8 Å². The lowest BCUT2D eigenvalue weighted by Gasteiger charge is -2.19. The van der Waals surface area contributed by atoms with Crippen LogP contribution in [0.2, 0.25) is 0 Å². The highest BCUT2D eigenvalue weighted by Gasteiger charge is 2.31. The second-order valence-electron chi connectivity index (χ2n) is 9.84. The average Bonchev–Trinajstić information content (AvgIpc) is 3.67. The molecule has 9 heteroatoms. The first-order valence-corrected chi connectivity index (χ1v) is 16.1. The zero-order valence-corrected chi connectivity index (χ0v) is 23.5. The fraction of sp³-hybridized carbons (Fsp3) is 0.200. The van der Waals surface area contributed by atoms with Crippen LogP contribution in [0.3, 0.4) is 0 Å². The molecular formula is C30H25N3O3S3. The fourth-order valence-electron chi connectivity index (χ4n) is 5.50. The molecule has 1 N–H and O–H groups in total. The Bertz CT molecular complexity index is 1810. The quantitative estimate of drug-likeness (QED) is 0.249. The van der Waals surface area contributed by atoms with Gasteiger partial charge < -0.3 is 5.32 Å². The predicted molar refractivity (Wildman–Crippen MR) is 159 cm³/mol. The predicted octanol–water partition coefficient (Wildman–Crippen LogP) is 6.91. The van der Waals surface area contributed by atoms with Crippen LogP contribution >= 0.6 is 22.7 Å². The van der Waals surface area contributed by atoms with E-state index < -0.39 is 10.0 Å². The van der Waals surface area contributed by atoms with Gasteiger partial charge in [-0.25, -0.2) is 13.4 Å². The van der Waals surface area contributed by atoms with Gasteiger partial charge in [-0.3, -0.25) is 9.10 Å². The third-order valence-corrected chi connectivity index (χ3v) is 11.5. The molecule has 3 heterocycles. The normalized spacial score (nSPS) is 14.8. The Morgan fingerprint density at radius 3 is 2.49 bits per heavy atom. The lowest BCUT2D eigenvalue weighted by Crippen LogP contribution is -2.29. The standard InChI is InChI=1S/C30H25N3O3S3/c34-28(20-13-15-21(16-14-20)39(35,36)33-18-17-19-7-1-4-10-24(19)33)32-30-27(22-8-2-5-11-25(22)37-30)29-31-23-9-3-6-12-26(23)38-29/h1,3-4,6-7,9-10,12-16H,2,5,8,11,17-18H2,(H,32,34). The second-order valence-corrected chi connectivity index (χ2v) is 13.8. The smallest absolute Gasteiger partial charge is 0.264 e. The molecule has 3 aromatic carbocycles. The van der Waals surface area contributed by atoms with Crippen LogP contribution in [0.4, 0.5) is 10.7 Å². The summed E-state index contributed by atoms with van der Waals surface area (Å²) in [6.07, 6.45) is 4.97. The molecule has 2 aliphatic rings. The van der Waals surface area contributed by atoms with E-state index in [2.05, 4.69) is 11.4 Å². The van der Waals surface area contributed by atoms with Crippen molar-refractivity contribution in [3.63, 3.8) is 0 Å². The summed E-state index contributed by atoms with van der Waals surface area (Å²) in [5.74, 6) is -0.258. The van der Waals surface area contributed by atoms with Crippen LogP contribution in [0.1, 0.15) is 39.2 Å². The van der Waals surface area contributed by atoms with Gasteiger partial charge >= 0.3 is 0 Å². The summed E-state index contributed by atoms with van der Waals surface area (Å²) >= 11 is 3.29. The molecule has 1 aliphatic carbocycles. The molecule has 5 aromatic rings. The number of fused-ring (bicyclic) bond motifs is 3. The van der Waals surface area contributed by atoms with Crippen LogP contribution in [-0.2, 0) is 29.3 Å². The zero-order valence-electron chi connectivity index (χ0n) is 21.0. The molecule has 0 spiro atoms. The topological polar surface area (TPSA) is 79.4 Å². The molecule has 0 atom stereocenters. The first-order chi connectivity index (χ1) is 19.0. The minimum atomic E-state index is -3.71. The molecule has 1 amide bonds. The van der Waals surface area contributed by atoms with E-state index in [1.807, 2.05) is 42.5 Å². The summed E-state index contributed by atoms with van der Waals surface area (Å²) in [7, 11) is -3.71. The van der Waals surface area contributed by atoms with E-state index in [0.717, 1.165) is 62.7 Å². The second kappa shape index (κ2) is 9.59. The van der Waals surface area contributed by atoms with Crippen molar-refractivity contribution in [1.29, 1.82) is 0 Å². The number of rotatable bonds is 5. The number of amides is 1. The highest BCUT2D eigenvalue weighted by molar-refractivity contribution is 7.92. The molecule has 2 aromatic heterocycles. The van der Waals surface area contributed by atoms with Crippen molar-refractivity contribution in [2.24, 2.45) is 0 Å². The number of para-hydroxylation sites is 2. The third kappa shape index (κ3) is 4.25. The number of nitrogens with zero attached hydrogens (tertiary/aromatic N) is 2. The molecular weight excluding hydrogens is 547 g/mol. The number of carbonyl (C=O) groups is 1. The van der Waals surface area contributed by atoms with Gasteiger partial charge in [-0.1, -0.05) is 30.3 Å². The van der Waals surface area contributed by atoms with Crippen molar-refractivity contribution in [3.8, 4) is 10.6 Å². The van der Waals surface area contributed by atoms with E-state index >= 15 is 0 Å². The average molecular weight is 572 g/mol. The van der Waals surface area contributed by atoms with Crippen molar-refractivity contribution in [1.82, 2.24) is 4.98 Å². The summed E-state index contributed by atoms with van der Waals surface area (Å²) in [6, 6.07) is 21.9. The van der Waals surface area contributed by atoms with Crippen LogP contribution in [0.25, 0.3) is 20.8 Å². The Balaban J connectivity index is 1.18. The number of nitrogens with one attached hydrogen (secondary N) is 1. The van der Waals surface area contributed by atoms with Crippen molar-refractivity contribution < 1.29 is 13.2 Å². The minimum absolute atomic E-state index is 0.178. The van der Waals surface area contributed by atoms with Gasteiger partial charge in [0.25, 0.3) is 15.9 Å². The van der Waals surface area contributed by atoms with Gasteiger partial charge in [0.1, 0.15) is 10.0 Å². The van der Waals surface area contributed by atoms with E-state index in [0.29, 0.717) is 18.5 Å². The van der Waals surface area contributed by atoms with Gasteiger partial charge in [-0.15, -0.1) is 22.7 Å². The highest BCUT2D eigenvalue weighted by Crippen LogP contribution is 2.46. The zero-order chi connectivity index (χ0) is 26.6. The summed E-state index contributed by atoms with van der Waals surface area (Å²) in [5.41, 5.74) is 5.47. The van der Waals surface area contributed by atoms with Crippen molar-refractivity contribution >= 4 is 59.5 Å². The maximum Gasteiger partial charge on any atom is 0.264 e. The van der Waals surface area contributed by atoms with Gasteiger partial charge in [0.2, 0.25) is 0 Å². The number of sulfonamides is 1. The number of hydrogen-bond acceptors (Lipinski definition) is 6. The molecule has 0 fully saturated rings. The highest BCUT2D eigenvalue weighted by atomic mass is 32.2. The Morgan fingerprint density at radius 2 is 1.64 bits per heavy atom. The lowest BCUT2D eigenvalue weighted by molar-refractivity contribution is 0.102. The fourth-order valence-corrected chi connectivity index (χ4v) is 9.40. The monoisotopic (exact) mass is 571 g/mol. The van der Waals surface area contributed by atoms with Gasteiger partial charge in [0, 0.05) is 22.5 Å². The van der Waals surface area contributed by atoms with Crippen molar-refractivity contribution in [2.45, 2.75) is 37.0 Å². The van der Waals surface area contributed by atoms with Crippen LogP contribution in [-0.4, -0.2) is 25.9 Å². The third-order valence-electron chi connectivity index (χ3n) is 7.46. The lowest BCUT2D eigenvalue weighted by atomic mass is 9.95. The van der Waals surface area contributed by atoms with E-state index in [-0.39, 0.29) is 10.8 Å². The summed E-state index contributed by atoms with van der Waals surface area (Å²) < 4.78 is 29.3. The summed E-state index contributed by atoms with van der Waals surface area (Å²) in [6.45, 7) is 0.418. The molecule has 196 valence electrons. The number of thiophene rings is 1. The van der Waals surface area contributed by atoms with Crippen LogP contribution < -0.4 is 9.62 Å². The number of anilines is 2. The SMILES string of the molecule is O=C(Nc1sc2c(c1-c1nc3ccccc3s1)CCCC2)c1ccc(S(=O)(=O)N2CCc3ccccc32)cc1. The van der Waals surface area contributed by atoms with Gasteiger partial charge in [-0.05, 0) is 85.7 Å². The minimum Gasteiger partial charge on any atom is -0.313 e. The Hall–Kier alpha value is -3.53. The number of aryl methyl sites for hydroxylation is 1. The van der Waals surface area contributed by atoms with Crippen LogP contribution in [0, 0.1) is 0 Å². The van der Waals surface area contributed by atoms with E-state index in [1.165, 1.54) is 26.9 Å². The first kappa shape index (κ1) is 24.5. The summed E-state index contributed by atoms with van der Waals surface area (Å²) in [5, 5.41) is 4.88. The molecule has 7 rings (SSSR count).